The normalized spacial score (nSPS) is 20.2. The number of hydrogen-bond donors (Lipinski definition) is 1. The summed E-state index contributed by atoms with van der Waals surface area (Å²) >= 11 is 0. The van der Waals surface area contributed by atoms with Gasteiger partial charge in [0.2, 0.25) is 15.0 Å². The number of anilines is 2. The SMILES string of the molecule is CN(C)C(=O)c1cc2n(n1)CCCN(c1nc(S(C)(=O)=O)nc3c1COC1(C3)CC(C)(C)c3ccc(NC(=O)OC(C)(C)C)cc31)C2. The van der Waals surface area contributed by atoms with Crippen molar-refractivity contribution in [1.29, 1.82) is 0 Å². The zero-order valence-electron chi connectivity index (χ0n) is 28.3. The van der Waals surface area contributed by atoms with Gasteiger partial charge in [-0.15, -0.1) is 0 Å². The monoisotopic (exact) mass is 665 g/mol. The highest BCUT2D eigenvalue weighted by molar-refractivity contribution is 7.90. The van der Waals surface area contributed by atoms with Crippen LogP contribution in [-0.2, 0) is 56.4 Å². The molecule has 1 unspecified atom stereocenters. The molecule has 3 aromatic rings. The third kappa shape index (κ3) is 6.32. The molecule has 14 heteroatoms. The van der Waals surface area contributed by atoms with Crippen LogP contribution in [0, 0.1) is 0 Å². The van der Waals surface area contributed by atoms with Crippen molar-refractivity contribution >= 4 is 33.3 Å². The fourth-order valence-corrected chi connectivity index (χ4v) is 7.45. The molecule has 0 saturated carbocycles. The Morgan fingerprint density at radius 3 is 2.51 bits per heavy atom. The van der Waals surface area contributed by atoms with Crippen LogP contribution in [0.25, 0.3) is 0 Å². The van der Waals surface area contributed by atoms with Gasteiger partial charge >= 0.3 is 6.09 Å². The van der Waals surface area contributed by atoms with Crippen LogP contribution in [0.2, 0.25) is 0 Å². The Hall–Kier alpha value is -4.04. The van der Waals surface area contributed by atoms with Gasteiger partial charge in [0, 0.05) is 51.1 Å². The van der Waals surface area contributed by atoms with Gasteiger partial charge in [0.15, 0.2) is 5.69 Å². The van der Waals surface area contributed by atoms with E-state index in [1.165, 1.54) is 4.90 Å². The minimum absolute atomic E-state index is 0.175. The van der Waals surface area contributed by atoms with Crippen LogP contribution in [-0.4, -0.2) is 77.6 Å². The molecule has 4 heterocycles. The number of nitrogens with zero attached hydrogens (tertiary/aromatic N) is 6. The summed E-state index contributed by atoms with van der Waals surface area (Å²) < 4.78 is 40.0. The lowest BCUT2D eigenvalue weighted by molar-refractivity contribution is -0.0803. The first-order valence-corrected chi connectivity index (χ1v) is 17.7. The van der Waals surface area contributed by atoms with Gasteiger partial charge < -0.3 is 19.3 Å². The highest BCUT2D eigenvalue weighted by atomic mass is 32.2. The van der Waals surface area contributed by atoms with Crippen molar-refractivity contribution in [3.63, 3.8) is 0 Å². The van der Waals surface area contributed by atoms with Crippen molar-refractivity contribution in [2.24, 2.45) is 0 Å². The maximum absolute atomic E-state index is 12.9. The number of aryl methyl sites for hydroxylation is 1. The van der Waals surface area contributed by atoms with E-state index in [4.69, 9.17) is 9.47 Å². The fraction of sp³-hybridized carbons (Fsp3) is 0.545. The molecule has 2 amide bonds. The van der Waals surface area contributed by atoms with Gasteiger partial charge in [-0.05, 0) is 68.4 Å². The number of amides is 2. The van der Waals surface area contributed by atoms with Gasteiger partial charge in [0.25, 0.3) is 5.91 Å². The number of carbonyl (C=O) groups excluding carboxylic acids is 2. The molecule has 3 aliphatic rings. The van der Waals surface area contributed by atoms with Crippen molar-refractivity contribution in [1.82, 2.24) is 24.6 Å². The van der Waals surface area contributed by atoms with Gasteiger partial charge in [-0.3, -0.25) is 14.8 Å². The Morgan fingerprint density at radius 2 is 1.83 bits per heavy atom. The van der Waals surface area contributed by atoms with Crippen LogP contribution >= 0.6 is 0 Å². The van der Waals surface area contributed by atoms with E-state index in [0.29, 0.717) is 55.4 Å². The zero-order chi connectivity index (χ0) is 34.1. The van der Waals surface area contributed by atoms with Gasteiger partial charge in [0.05, 0.1) is 24.5 Å². The molecule has 2 aliphatic heterocycles. The van der Waals surface area contributed by atoms with Crippen LogP contribution in [0.4, 0.5) is 16.3 Å². The molecule has 2 aromatic heterocycles. The number of aromatic nitrogens is 4. The van der Waals surface area contributed by atoms with E-state index in [1.807, 2.05) is 48.6 Å². The average Bonchev–Trinajstić information content (AvgIpc) is 3.36. The highest BCUT2D eigenvalue weighted by Gasteiger charge is 2.51. The zero-order valence-corrected chi connectivity index (χ0v) is 29.1. The lowest BCUT2D eigenvalue weighted by atomic mass is 9.82. The molecular weight excluding hydrogens is 622 g/mol. The molecule has 0 fully saturated rings. The summed E-state index contributed by atoms with van der Waals surface area (Å²) in [4.78, 5) is 38.0. The van der Waals surface area contributed by atoms with E-state index in [0.717, 1.165) is 35.1 Å². The molecule has 0 bridgehead atoms. The summed E-state index contributed by atoms with van der Waals surface area (Å²) in [6, 6.07) is 7.60. The summed E-state index contributed by atoms with van der Waals surface area (Å²) in [7, 11) is -0.379. The summed E-state index contributed by atoms with van der Waals surface area (Å²) in [5.74, 6) is 0.331. The van der Waals surface area contributed by atoms with E-state index in [-0.39, 0.29) is 23.1 Å². The number of nitrogens with one attached hydrogen (secondary N) is 1. The summed E-state index contributed by atoms with van der Waals surface area (Å²) in [5.41, 5.74) is 3.48. The number of benzene rings is 1. The molecule has 0 saturated heterocycles. The largest absolute Gasteiger partial charge is 0.444 e. The van der Waals surface area contributed by atoms with E-state index >= 15 is 0 Å². The van der Waals surface area contributed by atoms with Crippen LogP contribution < -0.4 is 10.2 Å². The Morgan fingerprint density at radius 1 is 1.09 bits per heavy atom. The predicted molar refractivity (Wildman–Crippen MR) is 175 cm³/mol. The number of rotatable bonds is 4. The molecular formula is C33H43N7O6S. The van der Waals surface area contributed by atoms with Gasteiger partial charge in [-0.2, -0.15) is 5.10 Å². The topological polar surface area (TPSA) is 149 Å². The third-order valence-electron chi connectivity index (χ3n) is 8.88. The molecule has 1 spiro atoms. The van der Waals surface area contributed by atoms with Crippen molar-refractivity contribution in [2.45, 2.75) is 95.4 Å². The highest BCUT2D eigenvalue weighted by Crippen LogP contribution is 2.54. The Kier molecular flexibility index (Phi) is 7.90. The molecule has 252 valence electrons. The third-order valence-corrected chi connectivity index (χ3v) is 9.73. The van der Waals surface area contributed by atoms with Crippen LogP contribution in [0.3, 0.4) is 0 Å². The number of hydrogen-bond acceptors (Lipinski definition) is 10. The minimum Gasteiger partial charge on any atom is -0.444 e. The van der Waals surface area contributed by atoms with Crippen LogP contribution in [0.5, 0.6) is 0 Å². The minimum atomic E-state index is -3.76. The maximum Gasteiger partial charge on any atom is 0.412 e. The molecule has 1 aliphatic carbocycles. The smallest absolute Gasteiger partial charge is 0.412 e. The Balaban J connectivity index is 1.38. The van der Waals surface area contributed by atoms with Crippen LogP contribution in [0.1, 0.15) is 86.0 Å². The quantitative estimate of drug-likeness (QED) is 0.402. The van der Waals surface area contributed by atoms with Gasteiger partial charge in [-0.25, -0.2) is 23.2 Å². The fourth-order valence-electron chi connectivity index (χ4n) is 6.93. The van der Waals surface area contributed by atoms with Crippen molar-refractivity contribution in [3.8, 4) is 0 Å². The van der Waals surface area contributed by atoms with E-state index < -0.39 is 27.1 Å². The Labute approximate surface area is 275 Å². The second-order valence-corrected chi connectivity index (χ2v) is 16.6. The number of ether oxygens (including phenoxy) is 2. The van der Waals surface area contributed by atoms with Crippen LogP contribution in [0.15, 0.2) is 29.4 Å². The lowest BCUT2D eigenvalue weighted by Crippen LogP contribution is -2.38. The molecule has 0 radical (unpaired) electrons. The summed E-state index contributed by atoms with van der Waals surface area (Å²) in [6.07, 6.45) is 2.26. The maximum atomic E-state index is 12.9. The number of sulfone groups is 1. The average molecular weight is 666 g/mol. The second kappa shape index (κ2) is 11.3. The van der Waals surface area contributed by atoms with E-state index in [1.54, 1.807) is 20.2 Å². The van der Waals surface area contributed by atoms with E-state index in [9.17, 15) is 18.0 Å². The molecule has 47 heavy (non-hydrogen) atoms. The molecule has 13 nitrogen and oxygen atoms in total. The first-order chi connectivity index (χ1) is 21.8. The van der Waals surface area contributed by atoms with E-state index in [2.05, 4.69) is 34.2 Å². The number of fused-ring (bicyclic) bond motifs is 4. The summed E-state index contributed by atoms with van der Waals surface area (Å²) in [6.45, 7) is 11.5. The Bertz CT molecular complexity index is 1880. The van der Waals surface area contributed by atoms with Crippen molar-refractivity contribution in [3.05, 3.63) is 58.0 Å². The molecule has 1 N–H and O–H groups in total. The van der Waals surface area contributed by atoms with Gasteiger partial charge in [0.1, 0.15) is 17.0 Å². The first kappa shape index (κ1) is 32.9. The number of carbonyl (C=O) groups is 2. The van der Waals surface area contributed by atoms with Crippen molar-refractivity contribution < 1.29 is 27.5 Å². The first-order valence-electron chi connectivity index (χ1n) is 15.8. The standard InChI is InChI=1S/C33H43N7O6S/c1-31(2,3)46-30(42)34-20-10-11-23-24(14-20)33(19-32(23,4)5)16-26-22(18-45-33)27(36-29(35-26)47(8,43)44)39-12-9-13-40-21(17-39)15-25(37-40)28(41)38(6)7/h10-11,14-15H,9,12-13,16-19H2,1-8H3,(H,34,42). The lowest BCUT2D eigenvalue weighted by Gasteiger charge is -2.38. The second-order valence-electron chi connectivity index (χ2n) is 14.7. The summed E-state index contributed by atoms with van der Waals surface area (Å²) in [5, 5.41) is 7.15. The molecule has 1 atom stereocenters. The molecule has 6 rings (SSSR count). The van der Waals surface area contributed by atoms with Crippen molar-refractivity contribution in [2.75, 3.05) is 37.1 Å². The molecule has 1 aromatic carbocycles. The van der Waals surface area contributed by atoms with Gasteiger partial charge in [-0.1, -0.05) is 19.9 Å². The predicted octanol–water partition coefficient (Wildman–Crippen LogP) is 4.19.